The molecule has 19 heteroatoms. The molecule has 4 atom stereocenters. The first kappa shape index (κ1) is 58.4. The Balaban J connectivity index is 1.20. The molecular formula is C57H72N10O9. The Kier molecular flexibility index (Phi) is 23.1. The topological polar surface area (TPSA) is 290 Å². The van der Waals surface area contributed by atoms with Gasteiger partial charge in [0.25, 0.3) is 0 Å². The number of guanidine groups is 1. The number of unbranched alkanes of at least 4 members (excludes halogenated alkanes) is 1. The minimum Gasteiger partial charge on any atom is -0.508 e. The van der Waals surface area contributed by atoms with Crippen LogP contribution in [0.2, 0.25) is 0 Å². The van der Waals surface area contributed by atoms with E-state index in [1.165, 1.54) is 12.1 Å². The van der Waals surface area contributed by atoms with E-state index in [4.69, 9.17) is 20.9 Å². The van der Waals surface area contributed by atoms with E-state index in [0.29, 0.717) is 42.7 Å². The standard InChI is InChI=1S/C57H72N10O9/c1-5-60-55(73)67-54(59)62-32-15-22-47(51(70)63-36-39-25-29-44(68)30-26-39)65-53(72)49(42-18-10-7-11-19-42)43-20-14-21-45(35-43)75-33-13-12-31-61-52(71)48(66-50(69)46(58)37-64-56(74)76-57(2,3)4)34-38-23-27-41(28-24-38)40-16-8-6-9-17-40/h6-11,14,16-21,23-30,35,46-49,68H,5,12-13,15,22,31-34,36-37,58H2,1-4H3,(H,61,71)(H,63,70)(H,64,74)(H,65,72)(H,66,69)(H4,59,60,62,67,73)/t46-,47-,48-,49?/m1/s1. The summed E-state index contributed by atoms with van der Waals surface area (Å²) < 4.78 is 11.4. The fourth-order valence-corrected chi connectivity index (χ4v) is 7.78. The van der Waals surface area contributed by atoms with Gasteiger partial charge < -0.3 is 63.3 Å². The highest BCUT2D eigenvalue weighted by Crippen LogP contribution is 2.29. The van der Waals surface area contributed by atoms with E-state index in [2.05, 4.69) is 42.2 Å². The van der Waals surface area contributed by atoms with Crippen LogP contribution < -0.4 is 53.4 Å². The SMILES string of the molecule is CCNC(=O)/N=C(/N)NCCC[C@@H](NC(=O)C(c1ccccc1)c1cccc(OCCCCNC(=O)[C@@H](Cc2ccc(-c3ccccc3)cc2)NC(=O)[C@H](N)CNC(=O)OC(C)(C)C)c1)C(=O)NCc1ccc(O)cc1. The van der Waals surface area contributed by atoms with Crippen molar-refractivity contribution in [2.24, 2.45) is 16.5 Å². The first-order chi connectivity index (χ1) is 36.5. The Morgan fingerprint density at radius 3 is 1.93 bits per heavy atom. The van der Waals surface area contributed by atoms with Crippen LogP contribution in [0.3, 0.4) is 0 Å². The maximum absolute atomic E-state index is 14.5. The lowest BCUT2D eigenvalue weighted by Crippen LogP contribution is -2.55. The molecule has 0 aliphatic heterocycles. The van der Waals surface area contributed by atoms with Crippen LogP contribution in [0, 0.1) is 0 Å². The Hall–Kier alpha value is -8.45. The van der Waals surface area contributed by atoms with Crippen molar-refractivity contribution in [2.45, 2.75) is 96.0 Å². The third kappa shape index (κ3) is 20.5. The number of amides is 7. The van der Waals surface area contributed by atoms with Crippen LogP contribution in [0.5, 0.6) is 11.5 Å². The average Bonchev–Trinajstić information content (AvgIpc) is 3.40. The molecule has 0 saturated carbocycles. The summed E-state index contributed by atoms with van der Waals surface area (Å²) in [5, 5.41) is 29.2. The van der Waals surface area contributed by atoms with Crippen molar-refractivity contribution in [3.05, 3.63) is 156 Å². The Morgan fingerprint density at radius 1 is 0.632 bits per heavy atom. The van der Waals surface area contributed by atoms with Crippen LogP contribution in [0.1, 0.15) is 81.5 Å². The van der Waals surface area contributed by atoms with E-state index in [0.717, 1.165) is 22.3 Å². The van der Waals surface area contributed by atoms with Crippen LogP contribution in [0.15, 0.2) is 138 Å². The summed E-state index contributed by atoms with van der Waals surface area (Å²) in [6, 6.07) is 36.7. The zero-order chi connectivity index (χ0) is 54.9. The molecule has 76 heavy (non-hydrogen) atoms. The Bertz CT molecular complexity index is 2680. The van der Waals surface area contributed by atoms with Crippen molar-refractivity contribution in [3.63, 3.8) is 0 Å². The predicted molar refractivity (Wildman–Crippen MR) is 292 cm³/mol. The van der Waals surface area contributed by atoms with E-state index in [9.17, 15) is 33.9 Å². The molecule has 0 bridgehead atoms. The number of nitrogens with one attached hydrogen (secondary N) is 7. The van der Waals surface area contributed by atoms with Crippen molar-refractivity contribution in [1.29, 1.82) is 0 Å². The van der Waals surface area contributed by atoms with Gasteiger partial charge in [0.2, 0.25) is 23.6 Å². The molecule has 12 N–H and O–H groups in total. The number of carbonyl (C=O) groups excluding carboxylic acids is 6. The first-order valence-electron chi connectivity index (χ1n) is 25.4. The van der Waals surface area contributed by atoms with Gasteiger partial charge in [0.1, 0.15) is 35.2 Å². The fourth-order valence-electron chi connectivity index (χ4n) is 7.78. The molecular weight excluding hydrogens is 969 g/mol. The van der Waals surface area contributed by atoms with E-state index >= 15 is 0 Å². The number of benzene rings is 5. The van der Waals surface area contributed by atoms with Crippen LogP contribution >= 0.6 is 0 Å². The first-order valence-corrected chi connectivity index (χ1v) is 25.4. The van der Waals surface area contributed by atoms with Crippen LogP contribution in [0.25, 0.3) is 11.1 Å². The van der Waals surface area contributed by atoms with Gasteiger partial charge in [0.05, 0.1) is 12.5 Å². The van der Waals surface area contributed by atoms with Crippen molar-refractivity contribution >= 4 is 41.7 Å². The van der Waals surface area contributed by atoms with E-state index < -0.39 is 65.4 Å². The molecule has 7 amide bonds. The smallest absolute Gasteiger partial charge is 0.407 e. The molecule has 0 saturated heterocycles. The number of nitrogens with zero attached hydrogens (tertiary/aromatic N) is 1. The van der Waals surface area contributed by atoms with E-state index in [1.54, 1.807) is 58.0 Å². The van der Waals surface area contributed by atoms with Gasteiger partial charge in [-0.2, -0.15) is 4.99 Å². The molecule has 19 nitrogen and oxygen atoms in total. The molecule has 0 radical (unpaired) electrons. The molecule has 0 aromatic heterocycles. The monoisotopic (exact) mass is 1040 g/mol. The van der Waals surface area contributed by atoms with Crippen LogP contribution in [-0.2, 0) is 36.9 Å². The van der Waals surface area contributed by atoms with Crippen LogP contribution in [0.4, 0.5) is 9.59 Å². The summed E-state index contributed by atoms with van der Waals surface area (Å²) >= 11 is 0. The summed E-state index contributed by atoms with van der Waals surface area (Å²) in [6.45, 7) is 8.08. The van der Waals surface area contributed by atoms with Gasteiger partial charge in [-0.05, 0) is 111 Å². The molecule has 0 spiro atoms. The molecule has 5 aromatic rings. The number of aromatic hydroxyl groups is 1. The third-order valence-corrected chi connectivity index (χ3v) is 11.6. The normalized spacial score (nSPS) is 12.9. The van der Waals surface area contributed by atoms with Gasteiger partial charge in [0.15, 0.2) is 5.96 Å². The largest absolute Gasteiger partial charge is 0.508 e. The summed E-state index contributed by atoms with van der Waals surface area (Å²) in [5.41, 5.74) is 16.2. The molecule has 0 fully saturated rings. The number of hydrogen-bond donors (Lipinski definition) is 10. The van der Waals surface area contributed by atoms with Crippen molar-refractivity contribution < 1.29 is 43.3 Å². The second-order valence-corrected chi connectivity index (χ2v) is 18.9. The van der Waals surface area contributed by atoms with E-state index in [1.807, 2.05) is 91.0 Å². The second-order valence-electron chi connectivity index (χ2n) is 18.9. The predicted octanol–water partition coefficient (Wildman–Crippen LogP) is 5.26. The summed E-state index contributed by atoms with van der Waals surface area (Å²) in [6.07, 6.45) is 1.12. The molecule has 1 unspecified atom stereocenters. The third-order valence-electron chi connectivity index (χ3n) is 11.6. The molecule has 0 aliphatic rings. The average molecular weight is 1040 g/mol. The number of hydrogen-bond acceptors (Lipinski definition) is 10. The van der Waals surface area contributed by atoms with Gasteiger partial charge in [-0.3, -0.25) is 19.2 Å². The highest BCUT2D eigenvalue weighted by Gasteiger charge is 2.29. The zero-order valence-electron chi connectivity index (χ0n) is 43.6. The number of phenols is 1. The zero-order valence-corrected chi connectivity index (χ0v) is 43.6. The Morgan fingerprint density at radius 2 is 1.25 bits per heavy atom. The minimum absolute atomic E-state index is 0.0829. The molecule has 0 aliphatic carbocycles. The lowest BCUT2D eigenvalue weighted by Gasteiger charge is -2.24. The summed E-state index contributed by atoms with van der Waals surface area (Å²) in [7, 11) is 0. The summed E-state index contributed by atoms with van der Waals surface area (Å²) in [4.78, 5) is 83.0. The fraction of sp³-hybridized carbons (Fsp3) is 0.351. The van der Waals surface area contributed by atoms with Gasteiger partial charge in [-0.25, -0.2) is 9.59 Å². The number of nitrogens with two attached hydrogens (primary N) is 2. The minimum atomic E-state index is -1.16. The number of rotatable bonds is 26. The maximum atomic E-state index is 14.5. The van der Waals surface area contributed by atoms with Crippen molar-refractivity contribution in [1.82, 2.24) is 37.2 Å². The highest BCUT2D eigenvalue weighted by atomic mass is 16.6. The quantitative estimate of drug-likeness (QED) is 0.0193. The maximum Gasteiger partial charge on any atom is 0.407 e. The summed E-state index contributed by atoms with van der Waals surface area (Å²) in [5.74, 6) is -2.20. The van der Waals surface area contributed by atoms with Gasteiger partial charge >= 0.3 is 12.1 Å². The number of phenolic OH excluding ortho intramolecular Hbond substituents is 1. The molecule has 5 aromatic carbocycles. The lowest BCUT2D eigenvalue weighted by atomic mass is 9.90. The van der Waals surface area contributed by atoms with Gasteiger partial charge in [-0.1, -0.05) is 109 Å². The second kappa shape index (κ2) is 30.0. The van der Waals surface area contributed by atoms with Crippen LogP contribution in [-0.4, -0.2) is 103 Å². The number of urea groups is 1. The van der Waals surface area contributed by atoms with E-state index in [-0.39, 0.29) is 57.3 Å². The number of aliphatic imine (C=N–C) groups is 1. The van der Waals surface area contributed by atoms with Crippen molar-refractivity contribution in [3.8, 4) is 22.6 Å². The molecule has 404 valence electrons. The highest BCUT2D eigenvalue weighted by molar-refractivity contribution is 5.93. The number of ether oxygens (including phenoxy) is 2. The number of carbonyl (C=O) groups is 6. The Labute approximate surface area is 444 Å². The number of alkyl carbamates (subject to hydrolysis) is 1. The molecule has 0 heterocycles. The van der Waals surface area contributed by atoms with Crippen molar-refractivity contribution in [2.75, 3.05) is 32.8 Å². The molecule has 5 rings (SSSR count). The lowest BCUT2D eigenvalue weighted by molar-refractivity contribution is -0.129. The van der Waals surface area contributed by atoms with Gasteiger partial charge in [-0.15, -0.1) is 0 Å². The van der Waals surface area contributed by atoms with Gasteiger partial charge in [0, 0.05) is 39.1 Å².